The summed E-state index contributed by atoms with van der Waals surface area (Å²) in [5, 5.41) is 3.50. The minimum atomic E-state index is -0.154. The Morgan fingerprint density at radius 1 is 0.970 bits per heavy atom. The molecular weight excluding hydrogens is 408 g/mol. The van der Waals surface area contributed by atoms with E-state index in [-0.39, 0.29) is 18.1 Å². The van der Waals surface area contributed by atoms with Crippen molar-refractivity contribution >= 4 is 5.97 Å². The van der Waals surface area contributed by atoms with Gasteiger partial charge in [0.15, 0.2) is 0 Å². The van der Waals surface area contributed by atoms with Crippen LogP contribution in [0.1, 0.15) is 86.0 Å². The number of nitrogens with one attached hydrogen (secondary N) is 1. The summed E-state index contributed by atoms with van der Waals surface area (Å²) >= 11 is 0. The van der Waals surface area contributed by atoms with Gasteiger partial charge in [-0.15, -0.1) is 0 Å². The normalized spacial score (nSPS) is 45.5. The number of ether oxygens (including phenoxy) is 1. The van der Waals surface area contributed by atoms with Gasteiger partial charge >= 0.3 is 5.97 Å². The fourth-order valence-corrected chi connectivity index (χ4v) is 9.38. The minimum Gasteiger partial charge on any atom is -0.457 e. The number of rotatable bonds is 5. The summed E-state index contributed by atoms with van der Waals surface area (Å²) in [6, 6.07) is 0.938. The van der Waals surface area contributed by atoms with Crippen LogP contribution in [0.2, 0.25) is 0 Å². The van der Waals surface area contributed by atoms with Gasteiger partial charge in [0, 0.05) is 24.1 Å². The topological polar surface area (TPSA) is 41.6 Å². The Bertz CT molecular complexity index is 759. The average molecular weight is 459 g/mol. The molecule has 10 atom stereocenters. The van der Waals surface area contributed by atoms with Crippen molar-refractivity contribution in [1.29, 1.82) is 0 Å². The molecule has 4 nitrogen and oxygen atoms in total. The molecule has 0 spiro atoms. The van der Waals surface area contributed by atoms with Crippen LogP contribution in [-0.2, 0) is 9.53 Å². The van der Waals surface area contributed by atoms with Crippen molar-refractivity contribution in [3.05, 3.63) is 11.6 Å². The lowest BCUT2D eigenvalue weighted by Crippen LogP contribution is -2.61. The van der Waals surface area contributed by atoms with Gasteiger partial charge in [0.2, 0.25) is 0 Å². The van der Waals surface area contributed by atoms with Crippen molar-refractivity contribution in [2.24, 2.45) is 40.4 Å². The minimum absolute atomic E-state index is 0.00352. The summed E-state index contributed by atoms with van der Waals surface area (Å²) in [7, 11) is 6.56. The highest BCUT2D eigenvalue weighted by Crippen LogP contribution is 2.68. The molecule has 4 saturated carbocycles. The van der Waals surface area contributed by atoms with Crippen LogP contribution >= 0.6 is 0 Å². The summed E-state index contributed by atoms with van der Waals surface area (Å²) in [5.41, 5.74) is 1.79. The number of hydrogen-bond donors (Lipinski definition) is 1. The molecule has 0 unspecified atom stereocenters. The van der Waals surface area contributed by atoms with E-state index >= 15 is 0 Å². The molecule has 4 aliphatic rings. The smallest absolute Gasteiger partial charge is 0.331 e. The molecule has 0 heterocycles. The predicted molar refractivity (Wildman–Crippen MR) is 136 cm³/mol. The molecule has 0 bridgehead atoms. The van der Waals surface area contributed by atoms with E-state index in [1.165, 1.54) is 44.9 Å². The van der Waals surface area contributed by atoms with Crippen molar-refractivity contribution in [3.8, 4) is 0 Å². The fraction of sp³-hybridized carbons (Fsp3) is 0.897. The number of nitrogens with zero attached hydrogens (tertiary/aromatic N) is 1. The maximum atomic E-state index is 12.7. The zero-order valence-electron chi connectivity index (χ0n) is 22.6. The number of hydrogen-bond acceptors (Lipinski definition) is 4. The number of carbonyl (C=O) groups is 1. The Balaban J connectivity index is 1.57. The van der Waals surface area contributed by atoms with Gasteiger partial charge in [-0.1, -0.05) is 19.4 Å². The molecule has 0 aliphatic heterocycles. The number of likely N-dealkylation sites (N-methyl/N-ethyl adjacent to an activating group) is 1. The molecule has 4 rings (SSSR count). The lowest BCUT2D eigenvalue weighted by atomic mass is 9.44. The highest BCUT2D eigenvalue weighted by atomic mass is 16.5. The summed E-state index contributed by atoms with van der Waals surface area (Å²) in [6.45, 7) is 11.6. The van der Waals surface area contributed by atoms with E-state index in [1.54, 1.807) is 6.08 Å². The maximum Gasteiger partial charge on any atom is 0.331 e. The summed E-state index contributed by atoms with van der Waals surface area (Å²) in [4.78, 5) is 15.1. The van der Waals surface area contributed by atoms with Crippen LogP contribution in [0, 0.1) is 40.4 Å². The van der Waals surface area contributed by atoms with Crippen LogP contribution < -0.4 is 5.32 Å². The highest BCUT2D eigenvalue weighted by molar-refractivity contribution is 5.82. The molecule has 0 aromatic rings. The third-order valence-corrected chi connectivity index (χ3v) is 11.2. The van der Waals surface area contributed by atoms with E-state index < -0.39 is 0 Å². The second-order valence-electron chi connectivity index (χ2n) is 13.1. The van der Waals surface area contributed by atoms with Crippen molar-refractivity contribution in [3.63, 3.8) is 0 Å². The molecule has 4 heteroatoms. The van der Waals surface area contributed by atoms with E-state index in [9.17, 15) is 4.79 Å². The highest BCUT2D eigenvalue weighted by Gasteiger charge is 2.62. The van der Waals surface area contributed by atoms with Gasteiger partial charge in [-0.05, 0) is 128 Å². The van der Waals surface area contributed by atoms with Crippen LogP contribution in [0.5, 0.6) is 0 Å². The monoisotopic (exact) mass is 458 g/mol. The number of fused-ring (bicyclic) bond motifs is 5. The first kappa shape index (κ1) is 25.2. The Morgan fingerprint density at radius 3 is 2.24 bits per heavy atom. The van der Waals surface area contributed by atoms with E-state index in [0.29, 0.717) is 22.8 Å². The zero-order valence-corrected chi connectivity index (χ0v) is 22.6. The van der Waals surface area contributed by atoms with Crippen LogP contribution in [0.15, 0.2) is 11.6 Å². The van der Waals surface area contributed by atoms with E-state index in [2.05, 4.69) is 45.1 Å². The number of esters is 1. The Hall–Kier alpha value is -0.870. The molecule has 0 amide bonds. The van der Waals surface area contributed by atoms with Gasteiger partial charge in [-0.2, -0.15) is 0 Å². The second-order valence-corrected chi connectivity index (χ2v) is 13.1. The second kappa shape index (κ2) is 9.30. The molecule has 1 N–H and O–H groups in total. The molecule has 0 radical (unpaired) electrons. The molecule has 4 fully saturated rings. The summed E-state index contributed by atoms with van der Waals surface area (Å²) in [6.07, 6.45) is 12.1. The van der Waals surface area contributed by atoms with E-state index in [1.807, 2.05) is 20.9 Å². The third-order valence-electron chi connectivity index (χ3n) is 11.2. The molecule has 0 saturated heterocycles. The van der Waals surface area contributed by atoms with Crippen molar-refractivity contribution in [2.75, 3.05) is 21.1 Å². The standard InChI is InChI=1S/C29H50N2O2/c1-18(2)17-26(32)33-27-24-10-9-20-22-12-11-21(19(3)31(7)8)28(22,4)15-13-23(20)29(24,5)16-14-25(27)30-6/h17,19-25,27,30H,9-16H2,1-8H3/t19-,20+,21+,22-,23-,24-,25+,27-,28-,29+/m0/s1. The first-order valence-electron chi connectivity index (χ1n) is 13.7. The molecule has 33 heavy (non-hydrogen) atoms. The van der Waals surface area contributed by atoms with Gasteiger partial charge < -0.3 is 15.0 Å². The van der Waals surface area contributed by atoms with Crippen LogP contribution in [0.3, 0.4) is 0 Å². The SMILES string of the molecule is CN[C@@H]1CC[C@]2(C)[C@H]3CC[C@@]4(C)[C@@H]([C@H](C)N(C)C)CC[C@H]4[C@H]3CC[C@H]2[C@@H]1OC(=O)C=C(C)C. The maximum absolute atomic E-state index is 12.7. The average Bonchev–Trinajstić information content (AvgIpc) is 3.09. The van der Waals surface area contributed by atoms with Crippen molar-refractivity contribution in [2.45, 2.75) is 104 Å². The van der Waals surface area contributed by atoms with E-state index in [4.69, 9.17) is 4.74 Å². The lowest BCUT2D eigenvalue weighted by Gasteiger charge is -2.62. The fourth-order valence-electron chi connectivity index (χ4n) is 9.38. The molecular formula is C29H50N2O2. The van der Waals surface area contributed by atoms with Crippen LogP contribution in [0.4, 0.5) is 0 Å². The lowest BCUT2D eigenvalue weighted by molar-refractivity contribution is -0.177. The van der Waals surface area contributed by atoms with Gasteiger partial charge in [0.1, 0.15) is 6.10 Å². The van der Waals surface area contributed by atoms with Crippen molar-refractivity contribution in [1.82, 2.24) is 10.2 Å². The Labute approximate surface area is 203 Å². The van der Waals surface area contributed by atoms with Crippen LogP contribution in [0.25, 0.3) is 0 Å². The first-order valence-corrected chi connectivity index (χ1v) is 13.7. The van der Waals surface area contributed by atoms with Gasteiger partial charge in [-0.3, -0.25) is 0 Å². The Kier molecular flexibility index (Phi) is 7.11. The largest absolute Gasteiger partial charge is 0.457 e. The summed E-state index contributed by atoms with van der Waals surface area (Å²) in [5.74, 6) is 3.65. The molecule has 188 valence electrons. The molecule has 0 aromatic carbocycles. The van der Waals surface area contributed by atoms with E-state index in [0.717, 1.165) is 35.7 Å². The van der Waals surface area contributed by atoms with Crippen molar-refractivity contribution < 1.29 is 9.53 Å². The zero-order chi connectivity index (χ0) is 24.1. The number of allylic oxidation sites excluding steroid dienone is 1. The van der Waals surface area contributed by atoms with Gasteiger partial charge in [0.05, 0.1) is 0 Å². The third kappa shape index (κ3) is 4.22. The van der Waals surface area contributed by atoms with Crippen LogP contribution in [-0.4, -0.2) is 50.2 Å². The number of carbonyl (C=O) groups excluding carboxylic acids is 1. The first-order chi connectivity index (χ1) is 15.5. The van der Waals surface area contributed by atoms with Gasteiger partial charge in [-0.25, -0.2) is 4.79 Å². The Morgan fingerprint density at radius 2 is 1.61 bits per heavy atom. The van der Waals surface area contributed by atoms with Gasteiger partial charge in [0.25, 0.3) is 0 Å². The summed E-state index contributed by atoms with van der Waals surface area (Å²) < 4.78 is 6.22. The molecule has 0 aromatic heterocycles. The molecule has 4 aliphatic carbocycles. The predicted octanol–water partition coefficient (Wildman–Crippen LogP) is 5.67. The quantitative estimate of drug-likeness (QED) is 0.426.